The molecular formula is C11H16N2. The van der Waals surface area contributed by atoms with Crippen molar-refractivity contribution in [3.63, 3.8) is 0 Å². The minimum absolute atomic E-state index is 0.560. The number of aromatic nitrogens is 1. The Morgan fingerprint density at radius 3 is 2.77 bits per heavy atom. The number of hydrogen-bond donors (Lipinski definition) is 1. The highest BCUT2D eigenvalue weighted by atomic mass is 15.0. The molecule has 1 saturated heterocycles. The maximum absolute atomic E-state index is 4.42. The van der Waals surface area contributed by atoms with E-state index < -0.39 is 0 Å². The van der Waals surface area contributed by atoms with Crippen molar-refractivity contribution in [2.45, 2.75) is 25.8 Å². The van der Waals surface area contributed by atoms with Gasteiger partial charge in [0.25, 0.3) is 0 Å². The lowest BCUT2D eigenvalue weighted by molar-refractivity contribution is 0.507. The molecule has 2 heteroatoms. The summed E-state index contributed by atoms with van der Waals surface area (Å²) in [5.74, 6) is 1.28. The number of nitrogens with one attached hydrogen (secondary N) is 1. The maximum Gasteiger partial charge on any atom is 0.0453 e. The van der Waals surface area contributed by atoms with Crippen LogP contribution < -0.4 is 5.32 Å². The first-order valence-corrected chi connectivity index (χ1v) is 4.93. The molecular weight excluding hydrogens is 160 g/mol. The van der Waals surface area contributed by atoms with Crippen molar-refractivity contribution in [2.75, 3.05) is 6.54 Å². The van der Waals surface area contributed by atoms with Crippen LogP contribution in [0.2, 0.25) is 0 Å². The van der Waals surface area contributed by atoms with E-state index in [9.17, 15) is 0 Å². The van der Waals surface area contributed by atoms with Crippen LogP contribution in [-0.4, -0.2) is 17.6 Å². The molecule has 1 N–H and O–H groups in total. The summed E-state index contributed by atoms with van der Waals surface area (Å²) in [4.78, 5) is 4.42. The molecule has 0 radical (unpaired) electrons. The summed E-state index contributed by atoms with van der Waals surface area (Å²) in [7, 11) is 0. The van der Waals surface area contributed by atoms with E-state index in [0.29, 0.717) is 17.9 Å². The first kappa shape index (κ1) is 8.70. The third kappa shape index (κ3) is 1.59. The molecule has 0 aromatic carbocycles. The van der Waals surface area contributed by atoms with E-state index in [1.807, 2.05) is 12.3 Å². The molecule has 1 aromatic rings. The minimum atomic E-state index is 0.560. The molecule has 3 atom stereocenters. The highest BCUT2D eigenvalue weighted by Crippen LogP contribution is 2.30. The Balaban J connectivity index is 2.25. The molecule has 0 spiro atoms. The summed E-state index contributed by atoms with van der Waals surface area (Å²) >= 11 is 0. The molecule has 2 heterocycles. The van der Waals surface area contributed by atoms with Crippen molar-refractivity contribution in [1.29, 1.82) is 0 Å². The van der Waals surface area contributed by atoms with Gasteiger partial charge in [-0.2, -0.15) is 0 Å². The van der Waals surface area contributed by atoms with Gasteiger partial charge in [0.2, 0.25) is 0 Å². The van der Waals surface area contributed by atoms with Gasteiger partial charge in [-0.25, -0.2) is 0 Å². The zero-order valence-electron chi connectivity index (χ0n) is 8.20. The van der Waals surface area contributed by atoms with Gasteiger partial charge in [0.1, 0.15) is 0 Å². The summed E-state index contributed by atoms with van der Waals surface area (Å²) in [5, 5.41) is 3.48. The summed E-state index contributed by atoms with van der Waals surface area (Å²) < 4.78 is 0. The fourth-order valence-electron chi connectivity index (χ4n) is 2.24. The van der Waals surface area contributed by atoms with Crippen LogP contribution in [-0.2, 0) is 0 Å². The normalized spacial score (nSPS) is 33.5. The summed E-state index contributed by atoms with van der Waals surface area (Å²) in [5.41, 5.74) is 1.23. The Morgan fingerprint density at radius 1 is 1.38 bits per heavy atom. The van der Waals surface area contributed by atoms with Crippen LogP contribution in [0.3, 0.4) is 0 Å². The largest absolute Gasteiger partial charge is 0.313 e. The predicted molar refractivity (Wildman–Crippen MR) is 53.6 cm³/mol. The molecule has 0 aliphatic carbocycles. The van der Waals surface area contributed by atoms with Crippen LogP contribution in [0.5, 0.6) is 0 Å². The van der Waals surface area contributed by atoms with E-state index in [-0.39, 0.29) is 0 Å². The van der Waals surface area contributed by atoms with E-state index in [1.165, 1.54) is 5.69 Å². The quantitative estimate of drug-likeness (QED) is 0.705. The Kier molecular flexibility index (Phi) is 2.32. The fraction of sp³-hybridized carbons (Fsp3) is 0.545. The molecule has 0 amide bonds. The Bertz CT molecular complexity index is 261. The van der Waals surface area contributed by atoms with Gasteiger partial charge in [0.15, 0.2) is 0 Å². The van der Waals surface area contributed by atoms with Gasteiger partial charge in [0.05, 0.1) is 0 Å². The first-order valence-electron chi connectivity index (χ1n) is 4.93. The van der Waals surface area contributed by atoms with E-state index >= 15 is 0 Å². The lowest BCUT2D eigenvalue weighted by atomic mass is 9.89. The second-order valence-electron chi connectivity index (χ2n) is 3.95. The van der Waals surface area contributed by atoms with Gasteiger partial charge in [-0.1, -0.05) is 13.0 Å². The molecule has 2 rings (SSSR count). The molecule has 3 unspecified atom stereocenters. The molecule has 13 heavy (non-hydrogen) atoms. The Labute approximate surface area is 79.4 Å². The van der Waals surface area contributed by atoms with Crippen molar-refractivity contribution in [1.82, 2.24) is 10.3 Å². The zero-order chi connectivity index (χ0) is 9.26. The van der Waals surface area contributed by atoms with Crippen LogP contribution in [0.1, 0.15) is 25.5 Å². The van der Waals surface area contributed by atoms with Crippen molar-refractivity contribution >= 4 is 0 Å². The van der Waals surface area contributed by atoms with Gasteiger partial charge in [-0.3, -0.25) is 4.98 Å². The molecule has 1 fully saturated rings. The predicted octanol–water partition coefficient (Wildman–Crippen LogP) is 1.79. The second-order valence-corrected chi connectivity index (χ2v) is 3.95. The van der Waals surface area contributed by atoms with Crippen LogP contribution in [0.4, 0.5) is 0 Å². The zero-order valence-corrected chi connectivity index (χ0v) is 8.20. The molecule has 70 valence electrons. The fourth-order valence-corrected chi connectivity index (χ4v) is 2.24. The van der Waals surface area contributed by atoms with Gasteiger partial charge >= 0.3 is 0 Å². The smallest absolute Gasteiger partial charge is 0.0453 e. The number of hydrogen-bond acceptors (Lipinski definition) is 2. The monoisotopic (exact) mass is 176 g/mol. The van der Waals surface area contributed by atoms with Gasteiger partial charge in [-0.15, -0.1) is 0 Å². The van der Waals surface area contributed by atoms with Crippen molar-refractivity contribution in [3.05, 3.63) is 30.1 Å². The van der Waals surface area contributed by atoms with Crippen LogP contribution in [0.15, 0.2) is 24.4 Å². The molecule has 2 nitrogen and oxygen atoms in total. The first-order chi connectivity index (χ1) is 6.29. The molecule has 0 saturated carbocycles. The van der Waals surface area contributed by atoms with Crippen LogP contribution in [0.25, 0.3) is 0 Å². The van der Waals surface area contributed by atoms with E-state index in [4.69, 9.17) is 0 Å². The summed E-state index contributed by atoms with van der Waals surface area (Å²) in [6.07, 6.45) is 1.88. The SMILES string of the molecule is CC1CNC(C)C1c1ccccn1. The summed E-state index contributed by atoms with van der Waals surface area (Å²) in [6.45, 7) is 5.64. The lowest BCUT2D eigenvalue weighted by Gasteiger charge is -2.17. The average Bonchev–Trinajstić information content (AvgIpc) is 2.48. The Hall–Kier alpha value is -0.890. The van der Waals surface area contributed by atoms with E-state index in [0.717, 1.165) is 6.54 Å². The number of pyridine rings is 1. The van der Waals surface area contributed by atoms with Crippen molar-refractivity contribution < 1.29 is 0 Å². The molecule has 0 bridgehead atoms. The highest BCUT2D eigenvalue weighted by Gasteiger charge is 2.31. The third-order valence-electron chi connectivity index (χ3n) is 2.94. The molecule has 1 aromatic heterocycles. The van der Waals surface area contributed by atoms with Gasteiger partial charge < -0.3 is 5.32 Å². The van der Waals surface area contributed by atoms with Gasteiger partial charge in [0, 0.05) is 23.9 Å². The molecule has 1 aliphatic rings. The highest BCUT2D eigenvalue weighted by molar-refractivity contribution is 5.15. The maximum atomic E-state index is 4.42. The van der Waals surface area contributed by atoms with Crippen LogP contribution in [0, 0.1) is 5.92 Å². The second kappa shape index (κ2) is 3.46. The number of nitrogens with zero attached hydrogens (tertiary/aromatic N) is 1. The minimum Gasteiger partial charge on any atom is -0.313 e. The van der Waals surface area contributed by atoms with E-state index in [1.54, 1.807) is 0 Å². The molecule has 1 aliphatic heterocycles. The van der Waals surface area contributed by atoms with Crippen molar-refractivity contribution in [2.24, 2.45) is 5.92 Å². The van der Waals surface area contributed by atoms with Crippen LogP contribution >= 0.6 is 0 Å². The topological polar surface area (TPSA) is 24.9 Å². The van der Waals surface area contributed by atoms with E-state index in [2.05, 4.69) is 36.3 Å². The van der Waals surface area contributed by atoms with Gasteiger partial charge in [-0.05, 0) is 31.5 Å². The lowest BCUT2D eigenvalue weighted by Crippen LogP contribution is -2.22. The number of rotatable bonds is 1. The third-order valence-corrected chi connectivity index (χ3v) is 2.94. The van der Waals surface area contributed by atoms with Crippen molar-refractivity contribution in [3.8, 4) is 0 Å². The standard InChI is InChI=1S/C11H16N2/c1-8-7-13-9(2)11(8)10-5-3-4-6-12-10/h3-6,8-9,11,13H,7H2,1-2H3. The Morgan fingerprint density at radius 2 is 2.23 bits per heavy atom. The average molecular weight is 176 g/mol. The summed E-state index contributed by atoms with van der Waals surface area (Å²) in [6, 6.07) is 6.73.